The fourth-order valence-electron chi connectivity index (χ4n) is 8.42. The SMILES string of the molecule is CC1(C)c2cc(-c3ccc(-c4nc(-c5ccccc5)cc(-c5cccc6ccccc56)n4)c4ccccc34)ccc2-c2ccc3ccccc3c21. The average molecular weight is 651 g/mol. The number of nitrogens with zero attached hydrogens (tertiary/aromatic N) is 2. The predicted octanol–water partition coefficient (Wildman–Crippen LogP) is 12.9. The van der Waals surface area contributed by atoms with E-state index in [0.29, 0.717) is 0 Å². The van der Waals surface area contributed by atoms with Crippen LogP contribution in [0, 0.1) is 0 Å². The first-order chi connectivity index (χ1) is 25.0. The maximum absolute atomic E-state index is 5.31. The molecule has 0 atom stereocenters. The van der Waals surface area contributed by atoms with Gasteiger partial charge in [0.25, 0.3) is 0 Å². The second-order valence-corrected chi connectivity index (χ2v) is 14.2. The van der Waals surface area contributed by atoms with Gasteiger partial charge in [0, 0.05) is 22.1 Å². The minimum atomic E-state index is -0.124. The summed E-state index contributed by atoms with van der Waals surface area (Å²) in [6.45, 7) is 4.75. The second kappa shape index (κ2) is 11.3. The molecule has 0 spiro atoms. The van der Waals surface area contributed by atoms with Gasteiger partial charge in [0.2, 0.25) is 0 Å². The van der Waals surface area contributed by atoms with Crippen LogP contribution in [0.5, 0.6) is 0 Å². The highest BCUT2D eigenvalue weighted by molar-refractivity contribution is 6.05. The first-order valence-corrected chi connectivity index (χ1v) is 17.7. The van der Waals surface area contributed by atoms with Gasteiger partial charge in [-0.05, 0) is 83.9 Å². The molecule has 8 aromatic carbocycles. The smallest absolute Gasteiger partial charge is 0.161 e. The van der Waals surface area contributed by atoms with Gasteiger partial charge in [-0.25, -0.2) is 9.97 Å². The molecule has 0 unspecified atom stereocenters. The van der Waals surface area contributed by atoms with Crippen molar-refractivity contribution in [3.63, 3.8) is 0 Å². The molecule has 0 radical (unpaired) electrons. The fourth-order valence-corrected chi connectivity index (χ4v) is 8.42. The lowest BCUT2D eigenvalue weighted by atomic mass is 9.79. The molecule has 9 aromatic rings. The molecule has 1 aromatic heterocycles. The van der Waals surface area contributed by atoms with Crippen LogP contribution in [0.3, 0.4) is 0 Å². The van der Waals surface area contributed by atoms with E-state index in [4.69, 9.17) is 9.97 Å². The second-order valence-electron chi connectivity index (χ2n) is 14.2. The predicted molar refractivity (Wildman–Crippen MR) is 214 cm³/mol. The molecule has 0 fully saturated rings. The molecule has 0 saturated heterocycles. The van der Waals surface area contributed by atoms with Crippen molar-refractivity contribution in [1.82, 2.24) is 9.97 Å². The fraction of sp³-hybridized carbons (Fsp3) is 0.0612. The van der Waals surface area contributed by atoms with Gasteiger partial charge in [-0.3, -0.25) is 0 Å². The van der Waals surface area contributed by atoms with Crippen LogP contribution in [0.1, 0.15) is 25.0 Å². The normalized spacial score (nSPS) is 13.1. The first kappa shape index (κ1) is 29.5. The third-order valence-corrected chi connectivity index (χ3v) is 10.9. The van der Waals surface area contributed by atoms with E-state index in [2.05, 4.69) is 178 Å². The van der Waals surface area contributed by atoms with Gasteiger partial charge in [-0.2, -0.15) is 0 Å². The Kier molecular flexibility index (Phi) is 6.56. The van der Waals surface area contributed by atoms with Crippen molar-refractivity contribution < 1.29 is 0 Å². The van der Waals surface area contributed by atoms with Crippen molar-refractivity contribution in [3.8, 4) is 56.2 Å². The van der Waals surface area contributed by atoms with Gasteiger partial charge in [0.05, 0.1) is 11.4 Å². The molecule has 51 heavy (non-hydrogen) atoms. The van der Waals surface area contributed by atoms with Crippen molar-refractivity contribution in [2.75, 3.05) is 0 Å². The van der Waals surface area contributed by atoms with Crippen LogP contribution in [0.2, 0.25) is 0 Å². The number of benzene rings is 8. The number of aromatic nitrogens is 2. The number of fused-ring (bicyclic) bond motifs is 7. The number of hydrogen-bond acceptors (Lipinski definition) is 2. The van der Waals surface area contributed by atoms with Crippen LogP contribution in [0.25, 0.3) is 88.5 Å². The molecule has 2 heteroatoms. The van der Waals surface area contributed by atoms with E-state index in [0.717, 1.165) is 39.3 Å². The van der Waals surface area contributed by atoms with E-state index < -0.39 is 0 Å². The average Bonchev–Trinajstić information content (AvgIpc) is 3.43. The topological polar surface area (TPSA) is 25.8 Å². The van der Waals surface area contributed by atoms with Crippen LogP contribution in [0.4, 0.5) is 0 Å². The van der Waals surface area contributed by atoms with Crippen molar-refractivity contribution >= 4 is 32.3 Å². The monoisotopic (exact) mass is 650 g/mol. The maximum Gasteiger partial charge on any atom is 0.161 e. The Balaban J connectivity index is 1.15. The molecular weight excluding hydrogens is 617 g/mol. The summed E-state index contributed by atoms with van der Waals surface area (Å²) in [7, 11) is 0. The van der Waals surface area contributed by atoms with E-state index >= 15 is 0 Å². The van der Waals surface area contributed by atoms with Crippen LogP contribution >= 0.6 is 0 Å². The molecule has 240 valence electrons. The third kappa shape index (κ3) is 4.64. The molecule has 0 saturated carbocycles. The Morgan fingerprint density at radius 2 is 0.961 bits per heavy atom. The Hall–Kier alpha value is -6.38. The molecule has 2 nitrogen and oxygen atoms in total. The van der Waals surface area contributed by atoms with Crippen molar-refractivity contribution in [3.05, 3.63) is 181 Å². The van der Waals surface area contributed by atoms with Gasteiger partial charge in [0.1, 0.15) is 0 Å². The molecule has 0 bridgehead atoms. The van der Waals surface area contributed by atoms with Crippen LogP contribution in [0.15, 0.2) is 170 Å². The summed E-state index contributed by atoms with van der Waals surface area (Å²) in [6.07, 6.45) is 0. The molecule has 1 aliphatic rings. The van der Waals surface area contributed by atoms with Crippen molar-refractivity contribution in [2.45, 2.75) is 19.3 Å². The molecule has 0 amide bonds. The summed E-state index contributed by atoms with van der Waals surface area (Å²) < 4.78 is 0. The highest BCUT2D eigenvalue weighted by atomic mass is 14.9. The Morgan fingerprint density at radius 1 is 0.373 bits per heavy atom. The molecule has 0 N–H and O–H groups in total. The van der Waals surface area contributed by atoms with E-state index in [1.807, 2.05) is 6.07 Å². The lowest BCUT2D eigenvalue weighted by Crippen LogP contribution is -2.15. The molecular formula is C49H34N2. The lowest BCUT2D eigenvalue weighted by Gasteiger charge is -2.24. The van der Waals surface area contributed by atoms with Crippen LogP contribution in [-0.4, -0.2) is 9.97 Å². The summed E-state index contributed by atoms with van der Waals surface area (Å²) >= 11 is 0. The van der Waals surface area contributed by atoms with Gasteiger partial charge in [-0.15, -0.1) is 0 Å². The summed E-state index contributed by atoms with van der Waals surface area (Å²) in [4.78, 5) is 10.5. The van der Waals surface area contributed by atoms with Crippen LogP contribution < -0.4 is 0 Å². The Bertz CT molecular complexity index is 2820. The summed E-state index contributed by atoms with van der Waals surface area (Å²) in [5, 5.41) is 7.33. The van der Waals surface area contributed by atoms with Gasteiger partial charge in [0.15, 0.2) is 5.82 Å². The summed E-state index contributed by atoms with van der Waals surface area (Å²) in [5.41, 5.74) is 12.8. The largest absolute Gasteiger partial charge is 0.228 e. The minimum Gasteiger partial charge on any atom is -0.228 e. The van der Waals surface area contributed by atoms with Crippen molar-refractivity contribution in [2.24, 2.45) is 0 Å². The zero-order valence-corrected chi connectivity index (χ0v) is 28.6. The molecule has 1 heterocycles. The number of rotatable bonds is 4. The summed E-state index contributed by atoms with van der Waals surface area (Å²) in [6, 6.07) is 61.1. The van der Waals surface area contributed by atoms with Gasteiger partial charge < -0.3 is 0 Å². The van der Waals surface area contributed by atoms with Gasteiger partial charge >= 0.3 is 0 Å². The van der Waals surface area contributed by atoms with E-state index in [-0.39, 0.29) is 5.41 Å². The Labute approximate surface area is 297 Å². The van der Waals surface area contributed by atoms with E-state index in [1.54, 1.807) is 0 Å². The van der Waals surface area contributed by atoms with E-state index in [1.165, 1.54) is 60.3 Å². The minimum absolute atomic E-state index is 0.124. The Morgan fingerprint density at radius 3 is 1.76 bits per heavy atom. The molecule has 10 rings (SSSR count). The first-order valence-electron chi connectivity index (χ1n) is 17.7. The van der Waals surface area contributed by atoms with Crippen molar-refractivity contribution in [1.29, 1.82) is 0 Å². The number of hydrogen-bond donors (Lipinski definition) is 0. The van der Waals surface area contributed by atoms with E-state index in [9.17, 15) is 0 Å². The van der Waals surface area contributed by atoms with Crippen LogP contribution in [-0.2, 0) is 5.41 Å². The highest BCUT2D eigenvalue weighted by Crippen LogP contribution is 2.52. The lowest BCUT2D eigenvalue weighted by molar-refractivity contribution is 0.666. The molecule has 0 aliphatic heterocycles. The molecule has 1 aliphatic carbocycles. The standard InChI is InChI=1S/C49H34N2/c1-49(2)44-29-34(24-25-40(44)42-26-23-32-14-7-9-19-37(32)47(42)49)36-27-28-43(39-21-11-10-20-38(36)39)48-50-45(33-15-4-3-5-16-33)30-46(51-48)41-22-12-17-31-13-6-8-18-35(31)41/h3-30H,1-2H3. The quantitative estimate of drug-likeness (QED) is 0.189. The third-order valence-electron chi connectivity index (χ3n) is 10.9. The highest BCUT2D eigenvalue weighted by Gasteiger charge is 2.37. The summed E-state index contributed by atoms with van der Waals surface area (Å²) in [5.74, 6) is 0.722. The maximum atomic E-state index is 5.31. The van der Waals surface area contributed by atoms with Gasteiger partial charge in [-0.1, -0.05) is 166 Å². The zero-order valence-electron chi connectivity index (χ0n) is 28.6. The zero-order chi connectivity index (χ0) is 34.1.